The summed E-state index contributed by atoms with van der Waals surface area (Å²) in [6, 6.07) is 8.99. The van der Waals surface area contributed by atoms with Gasteiger partial charge in [0.2, 0.25) is 0 Å². The Morgan fingerprint density at radius 1 is 0.931 bits per heavy atom. The molecule has 1 amide bonds. The zero-order valence-electron chi connectivity index (χ0n) is 18.6. The Labute approximate surface area is 174 Å². The number of esters is 1. The highest BCUT2D eigenvalue weighted by Crippen LogP contribution is 2.17. The summed E-state index contributed by atoms with van der Waals surface area (Å²) in [5.74, 6) is -0.583. The van der Waals surface area contributed by atoms with Gasteiger partial charge in [-0.15, -0.1) is 0 Å². The normalized spacial score (nSPS) is 14.0. The summed E-state index contributed by atoms with van der Waals surface area (Å²) in [4.78, 5) is 24.5. The monoisotopic (exact) mass is 409 g/mol. The topological polar surface area (TPSA) is 64.6 Å². The van der Waals surface area contributed by atoms with Crippen LogP contribution in [0.5, 0.6) is 0 Å². The molecule has 2 atom stereocenters. The molecule has 0 aliphatic heterocycles. The molecule has 0 unspecified atom stereocenters. The van der Waals surface area contributed by atoms with Crippen LogP contribution in [0.2, 0.25) is 0 Å². The molecule has 0 spiro atoms. The van der Waals surface area contributed by atoms with Crippen LogP contribution in [-0.4, -0.2) is 35.5 Å². The van der Waals surface area contributed by atoms with Crippen molar-refractivity contribution in [2.45, 2.75) is 97.1 Å². The maximum atomic E-state index is 14.4. The first kappa shape index (κ1) is 24.9. The van der Waals surface area contributed by atoms with Gasteiger partial charge >= 0.3 is 12.1 Å². The molecule has 0 radical (unpaired) electrons. The molecular weight excluding hydrogens is 373 g/mol. The Balaban J connectivity index is 2.56. The summed E-state index contributed by atoms with van der Waals surface area (Å²) >= 11 is 0. The van der Waals surface area contributed by atoms with Gasteiger partial charge in [0.15, 0.2) is 0 Å². The fourth-order valence-electron chi connectivity index (χ4n) is 2.74. The van der Waals surface area contributed by atoms with Gasteiger partial charge in [-0.2, -0.15) is 0 Å². The van der Waals surface area contributed by atoms with E-state index in [1.807, 2.05) is 30.3 Å². The molecule has 164 valence electrons. The minimum Gasteiger partial charge on any atom is -0.458 e. The predicted molar refractivity (Wildman–Crippen MR) is 113 cm³/mol. The maximum Gasteiger partial charge on any atom is 0.408 e. The summed E-state index contributed by atoms with van der Waals surface area (Å²) < 4.78 is 25.0. The van der Waals surface area contributed by atoms with Crippen LogP contribution in [0.1, 0.15) is 72.8 Å². The molecule has 0 bridgehead atoms. The van der Waals surface area contributed by atoms with Gasteiger partial charge in [-0.05, 0) is 79.2 Å². The SMILES string of the molecule is CC(C)(C)OC(=O)N[C@@H](CC[C@H](F)CCCc1ccccc1)C(=O)OC(C)(C)C. The minimum atomic E-state index is -1.05. The van der Waals surface area contributed by atoms with Crippen LogP contribution in [0.15, 0.2) is 30.3 Å². The molecule has 1 N–H and O–H groups in total. The van der Waals surface area contributed by atoms with Crippen LogP contribution in [0, 0.1) is 0 Å². The van der Waals surface area contributed by atoms with Crippen molar-refractivity contribution in [3.8, 4) is 0 Å². The number of hydrogen-bond acceptors (Lipinski definition) is 4. The Kier molecular flexibility index (Phi) is 9.60. The minimum absolute atomic E-state index is 0.153. The lowest BCUT2D eigenvalue weighted by molar-refractivity contribution is -0.157. The molecule has 0 saturated carbocycles. The number of halogens is 1. The summed E-state index contributed by atoms with van der Waals surface area (Å²) in [6.07, 6.45) is 0.489. The van der Waals surface area contributed by atoms with E-state index in [-0.39, 0.29) is 12.8 Å². The van der Waals surface area contributed by atoms with Crippen LogP contribution < -0.4 is 5.32 Å². The summed E-state index contributed by atoms with van der Waals surface area (Å²) in [5.41, 5.74) is -0.212. The highest BCUT2D eigenvalue weighted by molar-refractivity contribution is 5.81. The van der Waals surface area contributed by atoms with Gasteiger partial charge in [0.25, 0.3) is 0 Å². The lowest BCUT2D eigenvalue weighted by Gasteiger charge is -2.26. The fraction of sp³-hybridized carbons (Fsp3) is 0.652. The van der Waals surface area contributed by atoms with Crippen LogP contribution >= 0.6 is 0 Å². The molecule has 29 heavy (non-hydrogen) atoms. The smallest absolute Gasteiger partial charge is 0.408 e. The molecule has 0 aliphatic rings. The molecule has 5 nitrogen and oxygen atoms in total. The number of nitrogens with one attached hydrogen (secondary N) is 1. The third-order valence-corrected chi connectivity index (χ3v) is 3.98. The molecule has 0 fully saturated rings. The molecule has 0 aromatic heterocycles. The lowest BCUT2D eigenvalue weighted by Crippen LogP contribution is -2.46. The van der Waals surface area contributed by atoms with Crippen molar-refractivity contribution in [1.29, 1.82) is 0 Å². The molecular formula is C23H36FNO4. The van der Waals surface area contributed by atoms with Gasteiger partial charge in [-0.3, -0.25) is 0 Å². The highest BCUT2D eigenvalue weighted by Gasteiger charge is 2.29. The van der Waals surface area contributed by atoms with Gasteiger partial charge in [-0.1, -0.05) is 30.3 Å². The second-order valence-corrected chi connectivity index (χ2v) is 9.28. The average molecular weight is 410 g/mol. The molecule has 0 saturated heterocycles. The van der Waals surface area contributed by atoms with E-state index in [2.05, 4.69) is 5.32 Å². The second kappa shape index (κ2) is 11.2. The number of carbonyl (C=O) groups excluding carboxylic acids is 2. The third-order valence-electron chi connectivity index (χ3n) is 3.98. The molecule has 6 heteroatoms. The standard InChI is InChI=1S/C23H36FNO4/c1-22(2,3)28-20(26)19(25-21(27)29-23(4,5)6)16-15-18(24)14-10-13-17-11-8-7-9-12-17/h7-9,11-12,18-19H,10,13-16H2,1-6H3,(H,25,27)/t18-,19+/m1/s1. The Morgan fingerprint density at radius 2 is 1.52 bits per heavy atom. The summed E-state index contributed by atoms with van der Waals surface area (Å²) in [5, 5.41) is 2.53. The average Bonchev–Trinajstić information content (AvgIpc) is 2.56. The molecule has 0 heterocycles. The maximum absolute atomic E-state index is 14.4. The summed E-state index contributed by atoms with van der Waals surface area (Å²) in [7, 11) is 0. The van der Waals surface area contributed by atoms with E-state index in [9.17, 15) is 14.0 Å². The van der Waals surface area contributed by atoms with E-state index in [1.165, 1.54) is 5.56 Å². The van der Waals surface area contributed by atoms with Crippen LogP contribution in [0.4, 0.5) is 9.18 Å². The number of alkyl carbamates (subject to hydrolysis) is 1. The molecule has 1 aromatic carbocycles. The fourth-order valence-corrected chi connectivity index (χ4v) is 2.74. The number of aryl methyl sites for hydroxylation is 1. The highest BCUT2D eigenvalue weighted by atomic mass is 19.1. The number of ether oxygens (including phenoxy) is 2. The Morgan fingerprint density at radius 3 is 2.07 bits per heavy atom. The van der Waals surface area contributed by atoms with Crippen molar-refractivity contribution in [2.24, 2.45) is 0 Å². The molecule has 0 aliphatic carbocycles. The summed E-state index contributed by atoms with van der Waals surface area (Å²) in [6.45, 7) is 10.4. The van der Waals surface area contributed by atoms with Crippen molar-refractivity contribution < 1.29 is 23.5 Å². The number of alkyl halides is 1. The van der Waals surface area contributed by atoms with Gasteiger partial charge in [0, 0.05) is 0 Å². The zero-order valence-corrected chi connectivity index (χ0v) is 18.6. The Hall–Kier alpha value is -2.11. The second-order valence-electron chi connectivity index (χ2n) is 9.28. The van der Waals surface area contributed by atoms with Crippen molar-refractivity contribution in [3.05, 3.63) is 35.9 Å². The number of benzene rings is 1. The van der Waals surface area contributed by atoms with Crippen molar-refractivity contribution in [1.82, 2.24) is 5.32 Å². The van der Waals surface area contributed by atoms with Crippen LogP contribution in [-0.2, 0) is 20.7 Å². The van der Waals surface area contributed by atoms with Crippen molar-refractivity contribution in [3.63, 3.8) is 0 Å². The van der Waals surface area contributed by atoms with E-state index in [4.69, 9.17) is 9.47 Å². The predicted octanol–water partition coefficient (Wildman–Crippen LogP) is 5.36. The van der Waals surface area contributed by atoms with E-state index in [0.29, 0.717) is 6.42 Å². The first-order chi connectivity index (χ1) is 13.4. The van der Waals surface area contributed by atoms with Crippen molar-refractivity contribution >= 4 is 12.1 Å². The zero-order chi connectivity index (χ0) is 22.1. The van der Waals surface area contributed by atoms with Gasteiger partial charge in [-0.25, -0.2) is 14.0 Å². The number of rotatable bonds is 9. The van der Waals surface area contributed by atoms with Crippen LogP contribution in [0.3, 0.4) is 0 Å². The van der Waals surface area contributed by atoms with Gasteiger partial charge < -0.3 is 14.8 Å². The number of amides is 1. The van der Waals surface area contributed by atoms with E-state index in [1.54, 1.807) is 41.5 Å². The third kappa shape index (κ3) is 12.1. The largest absolute Gasteiger partial charge is 0.458 e. The quantitative estimate of drug-likeness (QED) is 0.558. The van der Waals surface area contributed by atoms with E-state index >= 15 is 0 Å². The Bertz CT molecular complexity index is 635. The van der Waals surface area contributed by atoms with E-state index < -0.39 is 35.5 Å². The molecule has 1 aromatic rings. The molecule has 1 rings (SSSR count). The van der Waals surface area contributed by atoms with Gasteiger partial charge in [0.05, 0.1) is 0 Å². The number of carbonyl (C=O) groups is 2. The first-order valence-electron chi connectivity index (χ1n) is 10.3. The van der Waals surface area contributed by atoms with Crippen molar-refractivity contribution in [2.75, 3.05) is 0 Å². The lowest BCUT2D eigenvalue weighted by atomic mass is 10.0. The first-order valence-corrected chi connectivity index (χ1v) is 10.3. The van der Waals surface area contributed by atoms with Crippen LogP contribution in [0.25, 0.3) is 0 Å². The van der Waals surface area contributed by atoms with Gasteiger partial charge in [0.1, 0.15) is 23.4 Å². The number of hydrogen-bond donors (Lipinski definition) is 1. The van der Waals surface area contributed by atoms with E-state index in [0.717, 1.165) is 12.8 Å².